The molecule has 0 bridgehead atoms. The molecule has 2 aliphatic rings. The fraction of sp³-hybridized carbons (Fsp3) is 0.409. The van der Waals surface area contributed by atoms with Gasteiger partial charge in [0.15, 0.2) is 0 Å². The molecule has 0 radical (unpaired) electrons. The SMILES string of the molecule is CN1CCN(S(=O)(=O)c2cccc(C(=O)Nc3cccc(S(=O)(=O)N4CCCC4)c3)c2)CC1. The fourth-order valence-corrected chi connectivity index (χ4v) is 7.02. The van der Waals surface area contributed by atoms with Crippen LogP contribution in [0.25, 0.3) is 0 Å². The van der Waals surface area contributed by atoms with Crippen molar-refractivity contribution < 1.29 is 21.6 Å². The number of carbonyl (C=O) groups excluding carboxylic acids is 1. The maximum Gasteiger partial charge on any atom is 0.255 e. The van der Waals surface area contributed by atoms with Gasteiger partial charge in [-0.05, 0) is 56.3 Å². The van der Waals surface area contributed by atoms with Gasteiger partial charge in [-0.2, -0.15) is 8.61 Å². The highest BCUT2D eigenvalue weighted by Crippen LogP contribution is 2.24. The smallest absolute Gasteiger partial charge is 0.255 e. The summed E-state index contributed by atoms with van der Waals surface area (Å²) >= 11 is 0. The molecule has 0 unspecified atom stereocenters. The van der Waals surface area contributed by atoms with Gasteiger partial charge >= 0.3 is 0 Å². The highest BCUT2D eigenvalue weighted by molar-refractivity contribution is 7.89. The van der Waals surface area contributed by atoms with E-state index in [1.165, 1.54) is 45.0 Å². The summed E-state index contributed by atoms with van der Waals surface area (Å²) in [6, 6.07) is 12.0. The molecule has 0 saturated carbocycles. The molecule has 1 amide bonds. The number of rotatable bonds is 6. The van der Waals surface area contributed by atoms with E-state index < -0.39 is 26.0 Å². The lowest BCUT2D eigenvalue weighted by Gasteiger charge is -2.31. The first-order valence-corrected chi connectivity index (χ1v) is 13.8. The number of anilines is 1. The third-order valence-corrected chi connectivity index (χ3v) is 9.78. The molecule has 0 atom stereocenters. The Labute approximate surface area is 195 Å². The predicted octanol–water partition coefficient (Wildman–Crippen LogP) is 1.66. The average Bonchev–Trinajstić information content (AvgIpc) is 3.36. The Kier molecular flexibility index (Phi) is 6.87. The van der Waals surface area contributed by atoms with Crippen LogP contribution in [0, 0.1) is 0 Å². The van der Waals surface area contributed by atoms with E-state index in [1.54, 1.807) is 12.1 Å². The van der Waals surface area contributed by atoms with Crippen molar-refractivity contribution in [2.75, 3.05) is 51.6 Å². The van der Waals surface area contributed by atoms with Crippen molar-refractivity contribution in [2.24, 2.45) is 0 Å². The predicted molar refractivity (Wildman–Crippen MR) is 125 cm³/mol. The normalized spacial score (nSPS) is 18.9. The van der Waals surface area contributed by atoms with Crippen molar-refractivity contribution in [1.29, 1.82) is 0 Å². The van der Waals surface area contributed by atoms with Crippen LogP contribution in [0.3, 0.4) is 0 Å². The zero-order valence-corrected chi connectivity index (χ0v) is 20.1. The monoisotopic (exact) mass is 492 g/mol. The molecule has 2 heterocycles. The number of likely N-dealkylation sites (N-methyl/N-ethyl adjacent to an activating group) is 1. The highest BCUT2D eigenvalue weighted by Gasteiger charge is 2.29. The van der Waals surface area contributed by atoms with Crippen LogP contribution in [0.4, 0.5) is 5.69 Å². The Morgan fingerprint density at radius 1 is 0.758 bits per heavy atom. The number of piperazine rings is 1. The minimum Gasteiger partial charge on any atom is -0.322 e. The molecule has 2 fully saturated rings. The van der Waals surface area contributed by atoms with Crippen molar-refractivity contribution >= 4 is 31.6 Å². The van der Waals surface area contributed by atoms with Crippen LogP contribution in [0.1, 0.15) is 23.2 Å². The lowest BCUT2D eigenvalue weighted by molar-refractivity contribution is 0.102. The number of hydrogen-bond donors (Lipinski definition) is 1. The van der Waals surface area contributed by atoms with Gasteiger partial charge in [0.05, 0.1) is 9.79 Å². The maximum absolute atomic E-state index is 13.0. The van der Waals surface area contributed by atoms with Gasteiger partial charge < -0.3 is 10.2 Å². The molecule has 1 N–H and O–H groups in total. The molecule has 178 valence electrons. The lowest BCUT2D eigenvalue weighted by Crippen LogP contribution is -2.47. The summed E-state index contributed by atoms with van der Waals surface area (Å²) < 4.78 is 54.5. The molecular formula is C22H28N4O5S2. The summed E-state index contributed by atoms with van der Waals surface area (Å²) in [7, 11) is -5.37. The summed E-state index contributed by atoms with van der Waals surface area (Å²) in [5.41, 5.74) is 0.505. The van der Waals surface area contributed by atoms with Gasteiger partial charge in [-0.1, -0.05) is 12.1 Å². The molecule has 2 aromatic rings. The van der Waals surface area contributed by atoms with Gasteiger partial charge in [0.1, 0.15) is 0 Å². The Morgan fingerprint density at radius 3 is 1.94 bits per heavy atom. The number of carbonyl (C=O) groups is 1. The number of benzene rings is 2. The van der Waals surface area contributed by atoms with Crippen molar-refractivity contribution in [3.8, 4) is 0 Å². The van der Waals surface area contributed by atoms with Crippen LogP contribution >= 0.6 is 0 Å². The van der Waals surface area contributed by atoms with E-state index in [2.05, 4.69) is 10.2 Å². The topological polar surface area (TPSA) is 107 Å². The standard InChI is InChI=1S/C22H28N4O5S2/c1-24-12-14-26(15-13-24)32(28,29)20-8-4-6-18(16-20)22(27)23-19-7-5-9-21(17-19)33(30,31)25-10-2-3-11-25/h4-9,16-17H,2-3,10-15H2,1H3,(H,23,27). The minimum atomic E-state index is -3.71. The maximum atomic E-state index is 13.0. The summed E-state index contributed by atoms with van der Waals surface area (Å²) in [6.07, 6.45) is 1.67. The highest BCUT2D eigenvalue weighted by atomic mass is 32.2. The van der Waals surface area contributed by atoms with Gasteiger partial charge in [0.2, 0.25) is 20.0 Å². The molecule has 0 aliphatic carbocycles. The third kappa shape index (κ3) is 5.12. The molecule has 2 aliphatic heterocycles. The van der Waals surface area contributed by atoms with Gasteiger partial charge in [0, 0.05) is 50.5 Å². The summed E-state index contributed by atoms with van der Waals surface area (Å²) in [4.78, 5) is 15.1. The van der Waals surface area contributed by atoms with E-state index in [4.69, 9.17) is 0 Å². The van der Waals surface area contributed by atoms with Crippen LogP contribution in [0.5, 0.6) is 0 Å². The Balaban J connectivity index is 1.52. The van der Waals surface area contributed by atoms with E-state index in [0.717, 1.165) is 12.8 Å². The molecule has 2 aromatic carbocycles. The minimum absolute atomic E-state index is 0.0602. The third-order valence-electron chi connectivity index (χ3n) is 5.99. The molecule has 0 aromatic heterocycles. The van der Waals surface area contributed by atoms with E-state index >= 15 is 0 Å². The van der Waals surface area contributed by atoms with Gasteiger partial charge in [-0.3, -0.25) is 4.79 Å². The molecule has 33 heavy (non-hydrogen) atoms. The van der Waals surface area contributed by atoms with Crippen LogP contribution in [-0.4, -0.2) is 82.6 Å². The number of nitrogens with one attached hydrogen (secondary N) is 1. The van der Waals surface area contributed by atoms with Crippen LogP contribution in [0.15, 0.2) is 58.3 Å². The van der Waals surface area contributed by atoms with Crippen LogP contribution < -0.4 is 5.32 Å². The van der Waals surface area contributed by atoms with Crippen LogP contribution in [0.2, 0.25) is 0 Å². The van der Waals surface area contributed by atoms with Gasteiger partial charge in [-0.25, -0.2) is 16.8 Å². The zero-order chi connectivity index (χ0) is 23.6. The van der Waals surface area contributed by atoms with Crippen molar-refractivity contribution in [3.05, 3.63) is 54.1 Å². The first kappa shape index (κ1) is 23.8. The summed E-state index contributed by atoms with van der Waals surface area (Å²) in [6.45, 7) is 3.08. The largest absolute Gasteiger partial charge is 0.322 e. The van der Waals surface area contributed by atoms with Crippen molar-refractivity contribution in [3.63, 3.8) is 0 Å². The molecular weight excluding hydrogens is 464 g/mol. The molecule has 9 nitrogen and oxygen atoms in total. The van der Waals surface area contributed by atoms with Crippen molar-refractivity contribution in [2.45, 2.75) is 22.6 Å². The number of nitrogens with zero attached hydrogens (tertiary/aromatic N) is 3. The van der Waals surface area contributed by atoms with Gasteiger partial charge in [0.25, 0.3) is 5.91 Å². The Morgan fingerprint density at radius 2 is 1.30 bits per heavy atom. The van der Waals surface area contributed by atoms with E-state index in [9.17, 15) is 21.6 Å². The van der Waals surface area contributed by atoms with Crippen LogP contribution in [-0.2, 0) is 20.0 Å². The fourth-order valence-electron chi connectivity index (χ4n) is 3.99. The second-order valence-electron chi connectivity index (χ2n) is 8.33. The summed E-state index contributed by atoms with van der Waals surface area (Å²) in [5.74, 6) is -0.513. The zero-order valence-electron chi connectivity index (χ0n) is 18.5. The number of hydrogen-bond acceptors (Lipinski definition) is 6. The van der Waals surface area contributed by atoms with Gasteiger partial charge in [-0.15, -0.1) is 0 Å². The quantitative estimate of drug-likeness (QED) is 0.657. The van der Waals surface area contributed by atoms with Crippen molar-refractivity contribution in [1.82, 2.24) is 13.5 Å². The molecule has 0 spiro atoms. The second-order valence-corrected chi connectivity index (χ2v) is 12.2. The Hall–Kier alpha value is -2.31. The first-order chi connectivity index (χ1) is 15.7. The molecule has 4 rings (SSSR count). The van der Waals surface area contributed by atoms with E-state index in [-0.39, 0.29) is 15.4 Å². The van der Waals surface area contributed by atoms with E-state index in [1.807, 2.05) is 7.05 Å². The summed E-state index contributed by atoms with van der Waals surface area (Å²) in [5, 5.41) is 2.69. The number of sulfonamides is 2. The number of amides is 1. The lowest BCUT2D eigenvalue weighted by atomic mass is 10.2. The van der Waals surface area contributed by atoms with E-state index in [0.29, 0.717) is 45.0 Å². The molecule has 2 saturated heterocycles. The first-order valence-electron chi connectivity index (χ1n) is 10.9. The Bertz CT molecular complexity index is 1230. The average molecular weight is 493 g/mol. The molecule has 11 heteroatoms. The second kappa shape index (κ2) is 9.51.